The Balaban J connectivity index is 1.62. The molecule has 3 rings (SSSR count). The number of morpholine rings is 1. The van der Waals surface area contributed by atoms with Crippen molar-refractivity contribution in [2.24, 2.45) is 11.7 Å². The highest BCUT2D eigenvalue weighted by Crippen LogP contribution is 2.34. The lowest BCUT2D eigenvalue weighted by Crippen LogP contribution is -2.41. The predicted octanol–water partition coefficient (Wildman–Crippen LogP) is 1.53. The van der Waals surface area contributed by atoms with Crippen LogP contribution in [0, 0.1) is 5.92 Å². The van der Waals surface area contributed by atoms with Gasteiger partial charge in [-0.15, -0.1) is 0 Å². The topological polar surface area (TPSA) is 45.0 Å². The van der Waals surface area contributed by atoms with E-state index < -0.39 is 0 Å². The molecule has 140 valence electrons. The van der Waals surface area contributed by atoms with E-state index in [-0.39, 0.29) is 0 Å². The van der Waals surface area contributed by atoms with Gasteiger partial charge >= 0.3 is 0 Å². The molecule has 2 N–H and O–H groups in total. The highest BCUT2D eigenvalue weighted by atomic mass is 16.5. The fraction of sp³-hybridized carbons (Fsp3) is 0.700. The van der Waals surface area contributed by atoms with E-state index in [2.05, 4.69) is 53.9 Å². The summed E-state index contributed by atoms with van der Waals surface area (Å²) in [6.07, 6.45) is 0. The molecule has 0 spiro atoms. The monoisotopic (exact) mass is 346 g/mol. The lowest BCUT2D eigenvalue weighted by molar-refractivity contribution is 0.0279. The molecule has 2 unspecified atom stereocenters. The first-order valence-corrected chi connectivity index (χ1v) is 9.57. The van der Waals surface area contributed by atoms with Crippen molar-refractivity contribution in [3.63, 3.8) is 0 Å². The van der Waals surface area contributed by atoms with Crippen LogP contribution in [0.25, 0.3) is 0 Å². The molecular formula is C20H34N4O. The third-order valence-electron chi connectivity index (χ3n) is 5.33. The molecule has 2 aliphatic heterocycles. The fourth-order valence-electron chi connectivity index (χ4n) is 4.24. The largest absolute Gasteiger partial charge is 0.379 e. The number of benzene rings is 1. The van der Waals surface area contributed by atoms with E-state index in [4.69, 9.17) is 10.5 Å². The molecule has 2 heterocycles. The number of fused-ring (bicyclic) bond motifs is 1. The third kappa shape index (κ3) is 4.80. The Hall–Kier alpha value is -0.980. The molecule has 2 atom stereocenters. The van der Waals surface area contributed by atoms with Crippen LogP contribution in [0.4, 0.5) is 0 Å². The summed E-state index contributed by atoms with van der Waals surface area (Å²) >= 11 is 0. The van der Waals surface area contributed by atoms with Crippen molar-refractivity contribution < 1.29 is 4.74 Å². The first kappa shape index (κ1) is 18.8. The number of nitrogens with zero attached hydrogens (tertiary/aromatic N) is 3. The smallest absolute Gasteiger partial charge is 0.0594 e. The Kier molecular flexibility index (Phi) is 6.47. The summed E-state index contributed by atoms with van der Waals surface area (Å²) < 4.78 is 5.46. The molecule has 0 saturated carbocycles. The van der Waals surface area contributed by atoms with Crippen LogP contribution in [0.3, 0.4) is 0 Å². The Bertz CT molecular complexity index is 557. The molecule has 5 nitrogen and oxygen atoms in total. The molecule has 2 aliphatic rings. The molecule has 1 fully saturated rings. The molecule has 1 aromatic carbocycles. The summed E-state index contributed by atoms with van der Waals surface area (Å²) in [6.45, 7) is 11.2. The number of nitrogens with two attached hydrogens (primary N) is 1. The third-order valence-corrected chi connectivity index (χ3v) is 5.33. The quantitative estimate of drug-likeness (QED) is 0.811. The molecule has 1 aromatic rings. The van der Waals surface area contributed by atoms with E-state index in [1.165, 1.54) is 16.7 Å². The average molecular weight is 347 g/mol. The maximum absolute atomic E-state index is 6.17. The van der Waals surface area contributed by atoms with Crippen molar-refractivity contribution in [2.45, 2.75) is 26.1 Å². The molecule has 25 heavy (non-hydrogen) atoms. The van der Waals surface area contributed by atoms with Gasteiger partial charge in [0.2, 0.25) is 0 Å². The minimum Gasteiger partial charge on any atom is -0.379 e. The summed E-state index contributed by atoms with van der Waals surface area (Å²) in [4.78, 5) is 7.33. The lowest BCUT2D eigenvalue weighted by Gasteiger charge is -2.32. The number of hydrogen-bond donors (Lipinski definition) is 1. The fourth-order valence-corrected chi connectivity index (χ4v) is 4.24. The number of hydrogen-bond acceptors (Lipinski definition) is 5. The van der Waals surface area contributed by atoms with E-state index in [1.807, 2.05) is 0 Å². The zero-order chi connectivity index (χ0) is 17.8. The summed E-state index contributed by atoms with van der Waals surface area (Å²) in [5.74, 6) is 0.641. The van der Waals surface area contributed by atoms with Gasteiger partial charge in [-0.3, -0.25) is 9.80 Å². The van der Waals surface area contributed by atoms with Crippen molar-refractivity contribution in [1.29, 1.82) is 0 Å². The molecule has 0 aliphatic carbocycles. The second kappa shape index (κ2) is 8.60. The van der Waals surface area contributed by atoms with Crippen LogP contribution in [0.15, 0.2) is 18.2 Å². The first-order chi connectivity index (χ1) is 12.1. The van der Waals surface area contributed by atoms with Crippen molar-refractivity contribution in [1.82, 2.24) is 14.7 Å². The highest BCUT2D eigenvalue weighted by Gasteiger charge is 2.30. The molecule has 0 amide bonds. The normalized spacial score (nSPS) is 23.2. The SMILES string of the molecule is CC(CN1CCOCC1)CN1Cc2ccc(CN(C)C)cc2C1CN. The van der Waals surface area contributed by atoms with Gasteiger partial charge in [-0.25, -0.2) is 0 Å². The van der Waals surface area contributed by atoms with E-state index in [9.17, 15) is 0 Å². The minimum absolute atomic E-state index is 0.365. The molecule has 0 aromatic heterocycles. The van der Waals surface area contributed by atoms with Gasteiger partial charge in [0.1, 0.15) is 0 Å². The van der Waals surface area contributed by atoms with Gasteiger partial charge in [0.15, 0.2) is 0 Å². The maximum Gasteiger partial charge on any atom is 0.0594 e. The van der Waals surface area contributed by atoms with Gasteiger partial charge < -0.3 is 15.4 Å². The molecular weight excluding hydrogens is 312 g/mol. The molecule has 0 bridgehead atoms. The lowest BCUT2D eigenvalue weighted by atomic mass is 10.0. The van der Waals surface area contributed by atoms with Crippen molar-refractivity contribution in [3.05, 3.63) is 34.9 Å². The molecule has 1 saturated heterocycles. The zero-order valence-corrected chi connectivity index (χ0v) is 16.1. The summed E-state index contributed by atoms with van der Waals surface area (Å²) in [5.41, 5.74) is 10.5. The van der Waals surface area contributed by atoms with Crippen LogP contribution in [0.5, 0.6) is 0 Å². The standard InChI is InChI=1S/C20H34N4O/c1-16(12-23-6-8-25-9-7-23)13-24-15-18-5-4-17(14-22(2)3)10-19(18)20(24)11-21/h4-5,10,16,20H,6-9,11-15,21H2,1-3H3. The van der Waals surface area contributed by atoms with Crippen LogP contribution < -0.4 is 5.73 Å². The van der Waals surface area contributed by atoms with Gasteiger partial charge in [-0.05, 0) is 36.7 Å². The van der Waals surface area contributed by atoms with Gasteiger partial charge in [0, 0.05) is 51.9 Å². The Morgan fingerprint density at radius 1 is 1.24 bits per heavy atom. The molecule has 5 heteroatoms. The van der Waals surface area contributed by atoms with Crippen molar-refractivity contribution in [2.75, 3.05) is 60.0 Å². The number of rotatable bonds is 7. The number of ether oxygens (including phenoxy) is 1. The molecule has 0 radical (unpaired) electrons. The Labute approximate surface area is 152 Å². The second-order valence-electron chi connectivity index (χ2n) is 7.97. The van der Waals surface area contributed by atoms with Crippen LogP contribution in [0.1, 0.15) is 29.7 Å². The van der Waals surface area contributed by atoms with Crippen LogP contribution in [-0.2, 0) is 17.8 Å². The van der Waals surface area contributed by atoms with E-state index in [1.54, 1.807) is 0 Å². The first-order valence-electron chi connectivity index (χ1n) is 9.57. The maximum atomic E-state index is 6.17. The van der Waals surface area contributed by atoms with E-state index >= 15 is 0 Å². The summed E-state index contributed by atoms with van der Waals surface area (Å²) in [7, 11) is 4.24. The second-order valence-corrected chi connectivity index (χ2v) is 7.97. The van der Waals surface area contributed by atoms with Crippen LogP contribution in [-0.4, -0.2) is 74.7 Å². The highest BCUT2D eigenvalue weighted by molar-refractivity contribution is 5.38. The average Bonchev–Trinajstić information content (AvgIpc) is 2.91. The van der Waals surface area contributed by atoms with Crippen LogP contribution >= 0.6 is 0 Å². The van der Waals surface area contributed by atoms with E-state index in [0.29, 0.717) is 18.5 Å². The van der Waals surface area contributed by atoms with Crippen LogP contribution in [0.2, 0.25) is 0 Å². The predicted molar refractivity (Wildman–Crippen MR) is 102 cm³/mol. The Morgan fingerprint density at radius 3 is 2.68 bits per heavy atom. The summed E-state index contributed by atoms with van der Waals surface area (Å²) in [5, 5.41) is 0. The van der Waals surface area contributed by atoms with Gasteiger partial charge in [0.25, 0.3) is 0 Å². The Morgan fingerprint density at radius 2 is 2.00 bits per heavy atom. The zero-order valence-electron chi connectivity index (χ0n) is 16.1. The minimum atomic E-state index is 0.365. The van der Waals surface area contributed by atoms with Gasteiger partial charge in [-0.2, -0.15) is 0 Å². The van der Waals surface area contributed by atoms with Crippen molar-refractivity contribution >= 4 is 0 Å². The van der Waals surface area contributed by atoms with Gasteiger partial charge in [0.05, 0.1) is 13.2 Å². The summed E-state index contributed by atoms with van der Waals surface area (Å²) in [6, 6.07) is 7.32. The van der Waals surface area contributed by atoms with Crippen molar-refractivity contribution in [3.8, 4) is 0 Å². The van der Waals surface area contributed by atoms with Gasteiger partial charge in [-0.1, -0.05) is 25.1 Å². The van der Waals surface area contributed by atoms with E-state index in [0.717, 1.165) is 52.5 Å².